The van der Waals surface area contributed by atoms with Gasteiger partial charge < -0.3 is 20.1 Å². The number of ether oxygens (including phenoxy) is 2. The van der Waals surface area contributed by atoms with Crippen molar-refractivity contribution in [2.24, 2.45) is 0 Å². The van der Waals surface area contributed by atoms with Crippen molar-refractivity contribution in [3.8, 4) is 11.5 Å². The van der Waals surface area contributed by atoms with Crippen LogP contribution in [0.2, 0.25) is 0 Å². The van der Waals surface area contributed by atoms with Gasteiger partial charge in [-0.15, -0.1) is 0 Å². The van der Waals surface area contributed by atoms with Crippen molar-refractivity contribution < 1.29 is 19.1 Å². The van der Waals surface area contributed by atoms with E-state index in [0.717, 1.165) is 18.4 Å². The third kappa shape index (κ3) is 6.10. The number of hydrogen-bond acceptors (Lipinski definition) is 4. The van der Waals surface area contributed by atoms with Gasteiger partial charge in [-0.05, 0) is 74.7 Å². The minimum Gasteiger partial charge on any atom is -0.490 e. The van der Waals surface area contributed by atoms with E-state index in [2.05, 4.69) is 10.6 Å². The van der Waals surface area contributed by atoms with Crippen LogP contribution in [0.25, 0.3) is 6.08 Å². The molecule has 0 saturated heterocycles. The van der Waals surface area contributed by atoms with Crippen molar-refractivity contribution in [2.45, 2.75) is 32.7 Å². The monoisotopic (exact) mass is 394 g/mol. The summed E-state index contributed by atoms with van der Waals surface area (Å²) in [6.07, 6.45) is 5.27. The Morgan fingerprint density at radius 3 is 2.34 bits per heavy atom. The highest BCUT2D eigenvalue weighted by molar-refractivity contribution is 6.02. The zero-order chi connectivity index (χ0) is 20.6. The van der Waals surface area contributed by atoms with Gasteiger partial charge >= 0.3 is 0 Å². The summed E-state index contributed by atoms with van der Waals surface area (Å²) in [6, 6.07) is 12.7. The van der Waals surface area contributed by atoms with E-state index in [1.54, 1.807) is 30.3 Å². The van der Waals surface area contributed by atoms with E-state index in [1.165, 1.54) is 6.08 Å². The molecule has 1 fully saturated rings. The number of amides is 2. The first-order valence-electron chi connectivity index (χ1n) is 9.88. The maximum absolute atomic E-state index is 12.2. The average molecular weight is 394 g/mol. The fourth-order valence-corrected chi connectivity index (χ4v) is 2.73. The fourth-order valence-electron chi connectivity index (χ4n) is 2.73. The highest BCUT2D eigenvalue weighted by Crippen LogP contribution is 2.29. The zero-order valence-electron chi connectivity index (χ0n) is 16.7. The predicted octanol–water partition coefficient (Wildman–Crippen LogP) is 4.03. The second-order valence-electron chi connectivity index (χ2n) is 6.72. The van der Waals surface area contributed by atoms with Crippen molar-refractivity contribution in [2.75, 3.05) is 18.5 Å². The Morgan fingerprint density at radius 1 is 1.00 bits per heavy atom. The SMILES string of the molecule is CCOc1ccc(/C=C/C(=O)Nc2ccc(C(=O)NC3CC3)cc2)cc1OCC. The van der Waals surface area contributed by atoms with E-state index in [0.29, 0.717) is 42.0 Å². The largest absolute Gasteiger partial charge is 0.490 e. The summed E-state index contributed by atoms with van der Waals surface area (Å²) in [5.74, 6) is 0.997. The molecule has 0 aliphatic heterocycles. The van der Waals surface area contributed by atoms with Crippen molar-refractivity contribution in [1.82, 2.24) is 5.32 Å². The van der Waals surface area contributed by atoms with Crippen LogP contribution in [-0.4, -0.2) is 31.1 Å². The second kappa shape index (κ2) is 9.78. The number of anilines is 1. The predicted molar refractivity (Wildman–Crippen MR) is 113 cm³/mol. The van der Waals surface area contributed by atoms with Crippen LogP contribution >= 0.6 is 0 Å². The van der Waals surface area contributed by atoms with Gasteiger partial charge in [0.1, 0.15) is 0 Å². The lowest BCUT2D eigenvalue weighted by Gasteiger charge is -2.11. The molecule has 0 heterocycles. The molecule has 0 aromatic heterocycles. The molecule has 1 saturated carbocycles. The maximum atomic E-state index is 12.2. The molecule has 0 unspecified atom stereocenters. The topological polar surface area (TPSA) is 76.7 Å². The maximum Gasteiger partial charge on any atom is 0.251 e. The number of benzene rings is 2. The van der Waals surface area contributed by atoms with Gasteiger partial charge in [-0.2, -0.15) is 0 Å². The van der Waals surface area contributed by atoms with Crippen LogP contribution in [-0.2, 0) is 4.79 Å². The number of hydrogen-bond donors (Lipinski definition) is 2. The molecule has 6 nitrogen and oxygen atoms in total. The van der Waals surface area contributed by atoms with Crippen LogP contribution < -0.4 is 20.1 Å². The molecule has 29 heavy (non-hydrogen) atoms. The van der Waals surface area contributed by atoms with Gasteiger partial charge in [-0.1, -0.05) is 6.07 Å². The Balaban J connectivity index is 1.58. The Bertz CT molecular complexity index is 886. The van der Waals surface area contributed by atoms with Crippen LogP contribution in [0, 0.1) is 0 Å². The quantitative estimate of drug-likeness (QED) is 0.630. The third-order valence-electron chi connectivity index (χ3n) is 4.32. The van der Waals surface area contributed by atoms with E-state index >= 15 is 0 Å². The molecule has 0 bridgehead atoms. The molecule has 152 valence electrons. The number of carbonyl (C=O) groups is 2. The van der Waals surface area contributed by atoms with Crippen molar-refractivity contribution in [3.05, 3.63) is 59.7 Å². The smallest absolute Gasteiger partial charge is 0.251 e. The normalized spacial score (nSPS) is 13.2. The average Bonchev–Trinajstić information content (AvgIpc) is 3.53. The number of carbonyl (C=O) groups excluding carboxylic acids is 2. The zero-order valence-corrected chi connectivity index (χ0v) is 16.7. The lowest BCUT2D eigenvalue weighted by atomic mass is 10.1. The molecule has 2 aromatic rings. The van der Waals surface area contributed by atoms with E-state index in [-0.39, 0.29) is 11.8 Å². The summed E-state index contributed by atoms with van der Waals surface area (Å²) in [5, 5.41) is 5.73. The third-order valence-corrected chi connectivity index (χ3v) is 4.32. The van der Waals surface area contributed by atoms with Crippen LogP contribution in [0.5, 0.6) is 11.5 Å². The molecule has 2 N–H and O–H groups in total. The summed E-state index contributed by atoms with van der Waals surface area (Å²) in [6.45, 7) is 4.91. The lowest BCUT2D eigenvalue weighted by molar-refractivity contribution is -0.111. The molecular formula is C23H26N2O4. The van der Waals surface area contributed by atoms with Crippen LogP contribution in [0.15, 0.2) is 48.5 Å². The van der Waals surface area contributed by atoms with Crippen LogP contribution in [0.3, 0.4) is 0 Å². The van der Waals surface area contributed by atoms with Gasteiger partial charge in [0.2, 0.25) is 5.91 Å². The van der Waals surface area contributed by atoms with Crippen molar-refractivity contribution >= 4 is 23.6 Å². The Morgan fingerprint density at radius 2 is 1.69 bits per heavy atom. The molecule has 0 radical (unpaired) electrons. The molecule has 0 spiro atoms. The van der Waals surface area contributed by atoms with E-state index in [4.69, 9.17) is 9.47 Å². The molecule has 2 amide bonds. The van der Waals surface area contributed by atoms with Crippen LogP contribution in [0.1, 0.15) is 42.6 Å². The molecular weight excluding hydrogens is 368 g/mol. The highest BCUT2D eigenvalue weighted by atomic mass is 16.5. The molecule has 0 atom stereocenters. The summed E-state index contributed by atoms with van der Waals surface area (Å²) >= 11 is 0. The number of rotatable bonds is 9. The summed E-state index contributed by atoms with van der Waals surface area (Å²) in [4.78, 5) is 24.2. The van der Waals surface area contributed by atoms with E-state index < -0.39 is 0 Å². The van der Waals surface area contributed by atoms with E-state index in [9.17, 15) is 9.59 Å². The first-order chi connectivity index (χ1) is 14.1. The fraction of sp³-hybridized carbons (Fsp3) is 0.304. The van der Waals surface area contributed by atoms with Gasteiger partial charge in [-0.25, -0.2) is 0 Å². The summed E-state index contributed by atoms with van der Waals surface area (Å²) in [7, 11) is 0. The van der Waals surface area contributed by atoms with E-state index in [1.807, 2.05) is 32.0 Å². The Labute approximate surface area is 170 Å². The van der Waals surface area contributed by atoms with Crippen LogP contribution in [0.4, 0.5) is 5.69 Å². The minimum atomic E-state index is -0.257. The Hall–Kier alpha value is -3.28. The molecule has 3 rings (SSSR count). The van der Waals surface area contributed by atoms with Gasteiger partial charge in [0.05, 0.1) is 13.2 Å². The van der Waals surface area contributed by atoms with Gasteiger partial charge in [0, 0.05) is 23.4 Å². The van der Waals surface area contributed by atoms with Crippen molar-refractivity contribution in [3.63, 3.8) is 0 Å². The highest BCUT2D eigenvalue weighted by Gasteiger charge is 2.23. The summed E-state index contributed by atoms with van der Waals surface area (Å²) < 4.78 is 11.1. The standard InChI is InChI=1S/C23H26N2O4/c1-3-28-20-13-5-16(15-21(20)29-4-2)6-14-22(26)24-18-9-7-17(8-10-18)23(27)25-19-11-12-19/h5-10,13-15,19H,3-4,11-12H2,1-2H3,(H,24,26)(H,25,27)/b14-6+. The minimum absolute atomic E-state index is 0.0779. The van der Waals surface area contributed by atoms with Gasteiger partial charge in [0.15, 0.2) is 11.5 Å². The van der Waals surface area contributed by atoms with Crippen molar-refractivity contribution in [1.29, 1.82) is 0 Å². The van der Waals surface area contributed by atoms with Gasteiger partial charge in [-0.3, -0.25) is 9.59 Å². The molecule has 2 aromatic carbocycles. The second-order valence-corrected chi connectivity index (χ2v) is 6.72. The lowest BCUT2D eigenvalue weighted by Crippen LogP contribution is -2.25. The first kappa shape index (κ1) is 20.5. The molecule has 1 aliphatic rings. The first-order valence-corrected chi connectivity index (χ1v) is 9.88. The Kier molecular flexibility index (Phi) is 6.89. The molecule has 6 heteroatoms. The summed E-state index contributed by atoms with van der Waals surface area (Å²) in [5.41, 5.74) is 2.05. The van der Waals surface area contributed by atoms with Gasteiger partial charge in [0.25, 0.3) is 5.91 Å². The number of nitrogens with one attached hydrogen (secondary N) is 2. The molecule has 1 aliphatic carbocycles.